The Morgan fingerprint density at radius 1 is 0.875 bits per heavy atom. The number of benzene rings is 2. The highest BCUT2D eigenvalue weighted by Crippen LogP contribution is 2.14. The van der Waals surface area contributed by atoms with E-state index in [1.165, 1.54) is 0 Å². The van der Waals surface area contributed by atoms with Crippen molar-refractivity contribution in [2.45, 2.75) is 26.9 Å². The molecule has 0 saturated carbocycles. The molecular formula is C20H22O4. The molecular weight excluding hydrogens is 304 g/mol. The SMILES string of the molecule is CCC(C)COC(=O)c1ccccc1C(=O)OCc1ccccc1. The summed E-state index contributed by atoms with van der Waals surface area (Å²) in [7, 11) is 0. The highest BCUT2D eigenvalue weighted by Gasteiger charge is 2.19. The second kappa shape index (κ2) is 8.87. The molecule has 1 atom stereocenters. The van der Waals surface area contributed by atoms with E-state index < -0.39 is 11.9 Å². The van der Waals surface area contributed by atoms with Crippen molar-refractivity contribution in [1.82, 2.24) is 0 Å². The molecule has 2 rings (SSSR count). The minimum atomic E-state index is -0.532. The number of hydrogen-bond acceptors (Lipinski definition) is 4. The van der Waals surface area contributed by atoms with Crippen LogP contribution in [0.1, 0.15) is 46.5 Å². The summed E-state index contributed by atoms with van der Waals surface area (Å²) in [5, 5.41) is 0. The fourth-order valence-electron chi connectivity index (χ4n) is 2.05. The van der Waals surface area contributed by atoms with Crippen molar-refractivity contribution in [2.75, 3.05) is 6.61 Å². The van der Waals surface area contributed by atoms with Gasteiger partial charge in [0.05, 0.1) is 17.7 Å². The van der Waals surface area contributed by atoms with Crippen molar-refractivity contribution in [3.63, 3.8) is 0 Å². The van der Waals surface area contributed by atoms with Gasteiger partial charge in [-0.25, -0.2) is 9.59 Å². The first-order valence-corrected chi connectivity index (χ1v) is 8.09. The molecule has 2 aromatic carbocycles. The van der Waals surface area contributed by atoms with E-state index in [1.807, 2.05) is 44.2 Å². The molecule has 4 nitrogen and oxygen atoms in total. The highest BCUT2D eigenvalue weighted by atomic mass is 16.5. The summed E-state index contributed by atoms with van der Waals surface area (Å²) < 4.78 is 10.6. The van der Waals surface area contributed by atoms with Gasteiger partial charge in [0.2, 0.25) is 0 Å². The number of carbonyl (C=O) groups excluding carboxylic acids is 2. The predicted molar refractivity (Wildman–Crippen MR) is 91.7 cm³/mol. The molecule has 4 heteroatoms. The topological polar surface area (TPSA) is 52.6 Å². The Balaban J connectivity index is 2.04. The van der Waals surface area contributed by atoms with Crippen molar-refractivity contribution < 1.29 is 19.1 Å². The van der Waals surface area contributed by atoms with Crippen LogP contribution in [0.25, 0.3) is 0 Å². The van der Waals surface area contributed by atoms with E-state index in [1.54, 1.807) is 24.3 Å². The van der Waals surface area contributed by atoms with E-state index >= 15 is 0 Å². The Morgan fingerprint density at radius 2 is 1.42 bits per heavy atom. The monoisotopic (exact) mass is 326 g/mol. The van der Waals surface area contributed by atoms with Gasteiger partial charge in [-0.05, 0) is 23.6 Å². The standard InChI is InChI=1S/C20H22O4/c1-3-15(2)13-23-19(21)17-11-7-8-12-18(17)20(22)24-14-16-9-5-4-6-10-16/h4-12,15H,3,13-14H2,1-2H3. The molecule has 0 fully saturated rings. The maximum atomic E-state index is 12.3. The van der Waals surface area contributed by atoms with Crippen LogP contribution < -0.4 is 0 Å². The van der Waals surface area contributed by atoms with Gasteiger partial charge in [-0.15, -0.1) is 0 Å². The average molecular weight is 326 g/mol. The summed E-state index contributed by atoms with van der Waals surface area (Å²) in [6, 6.07) is 16.0. The number of esters is 2. The Morgan fingerprint density at radius 3 is 2.00 bits per heavy atom. The highest BCUT2D eigenvalue weighted by molar-refractivity contribution is 6.03. The maximum Gasteiger partial charge on any atom is 0.339 e. The van der Waals surface area contributed by atoms with Crippen LogP contribution in [0.4, 0.5) is 0 Å². The number of carbonyl (C=O) groups is 2. The van der Waals surface area contributed by atoms with E-state index in [4.69, 9.17) is 9.47 Å². The lowest BCUT2D eigenvalue weighted by Crippen LogP contribution is -2.16. The number of rotatable bonds is 7. The Kier molecular flexibility index (Phi) is 6.55. The molecule has 0 heterocycles. The molecule has 2 aromatic rings. The first-order valence-electron chi connectivity index (χ1n) is 8.09. The van der Waals surface area contributed by atoms with Gasteiger partial charge < -0.3 is 9.47 Å². The molecule has 0 aromatic heterocycles. The largest absolute Gasteiger partial charge is 0.462 e. The van der Waals surface area contributed by atoms with Gasteiger partial charge in [-0.1, -0.05) is 62.7 Å². The van der Waals surface area contributed by atoms with E-state index in [-0.39, 0.29) is 23.7 Å². The zero-order chi connectivity index (χ0) is 17.4. The second-order valence-electron chi connectivity index (χ2n) is 5.72. The summed E-state index contributed by atoms with van der Waals surface area (Å²) >= 11 is 0. The molecule has 126 valence electrons. The lowest BCUT2D eigenvalue weighted by molar-refractivity contribution is 0.0411. The zero-order valence-corrected chi connectivity index (χ0v) is 14.0. The molecule has 0 aliphatic rings. The average Bonchev–Trinajstić information content (AvgIpc) is 2.64. The summed E-state index contributed by atoms with van der Waals surface area (Å²) in [5.74, 6) is -0.747. The molecule has 0 amide bonds. The third kappa shape index (κ3) is 4.95. The molecule has 0 bridgehead atoms. The van der Waals surface area contributed by atoms with E-state index in [2.05, 4.69) is 0 Å². The summed E-state index contributed by atoms with van der Waals surface area (Å²) in [6.07, 6.45) is 0.925. The molecule has 0 N–H and O–H groups in total. The van der Waals surface area contributed by atoms with Gasteiger partial charge in [0.15, 0.2) is 0 Å². The number of hydrogen-bond donors (Lipinski definition) is 0. The summed E-state index contributed by atoms with van der Waals surface area (Å²) in [6.45, 7) is 4.54. The molecule has 0 spiro atoms. The van der Waals surface area contributed by atoms with Gasteiger partial charge in [0.1, 0.15) is 6.61 Å². The molecule has 0 aliphatic heterocycles. The molecule has 0 radical (unpaired) electrons. The minimum absolute atomic E-state index is 0.163. The van der Waals surface area contributed by atoms with Gasteiger partial charge in [-0.3, -0.25) is 0 Å². The van der Waals surface area contributed by atoms with Crippen LogP contribution in [0.3, 0.4) is 0 Å². The predicted octanol–water partition coefficient (Wildman–Crippen LogP) is 4.25. The van der Waals surface area contributed by atoms with Crippen molar-refractivity contribution in [1.29, 1.82) is 0 Å². The van der Waals surface area contributed by atoms with Crippen LogP contribution in [-0.4, -0.2) is 18.5 Å². The molecule has 0 saturated heterocycles. The van der Waals surface area contributed by atoms with E-state index in [0.29, 0.717) is 6.61 Å². The van der Waals surface area contributed by atoms with Crippen molar-refractivity contribution >= 4 is 11.9 Å². The van der Waals surface area contributed by atoms with Crippen LogP contribution in [0.2, 0.25) is 0 Å². The fraction of sp³-hybridized carbons (Fsp3) is 0.300. The van der Waals surface area contributed by atoms with Crippen LogP contribution >= 0.6 is 0 Å². The maximum absolute atomic E-state index is 12.3. The Bertz CT molecular complexity index is 679. The first-order chi connectivity index (χ1) is 11.6. The lowest BCUT2D eigenvalue weighted by atomic mass is 10.1. The lowest BCUT2D eigenvalue weighted by Gasteiger charge is -2.12. The zero-order valence-electron chi connectivity index (χ0n) is 14.0. The molecule has 24 heavy (non-hydrogen) atoms. The van der Waals surface area contributed by atoms with Crippen LogP contribution in [0.15, 0.2) is 54.6 Å². The van der Waals surface area contributed by atoms with Gasteiger partial charge in [0, 0.05) is 0 Å². The molecule has 1 unspecified atom stereocenters. The third-order valence-corrected chi connectivity index (χ3v) is 3.78. The van der Waals surface area contributed by atoms with Gasteiger partial charge in [0.25, 0.3) is 0 Å². The fourth-order valence-corrected chi connectivity index (χ4v) is 2.05. The van der Waals surface area contributed by atoms with Crippen molar-refractivity contribution in [3.05, 3.63) is 71.3 Å². The van der Waals surface area contributed by atoms with Crippen LogP contribution in [-0.2, 0) is 16.1 Å². The Hall–Kier alpha value is -2.62. The van der Waals surface area contributed by atoms with Crippen LogP contribution in [0, 0.1) is 5.92 Å². The second-order valence-corrected chi connectivity index (χ2v) is 5.72. The first kappa shape index (κ1) is 17.7. The quantitative estimate of drug-likeness (QED) is 0.714. The number of ether oxygens (including phenoxy) is 2. The smallest absolute Gasteiger partial charge is 0.339 e. The van der Waals surface area contributed by atoms with Crippen LogP contribution in [0.5, 0.6) is 0 Å². The van der Waals surface area contributed by atoms with Crippen molar-refractivity contribution in [2.24, 2.45) is 5.92 Å². The third-order valence-electron chi connectivity index (χ3n) is 3.78. The van der Waals surface area contributed by atoms with E-state index in [9.17, 15) is 9.59 Å². The normalized spacial score (nSPS) is 11.6. The van der Waals surface area contributed by atoms with Gasteiger partial charge >= 0.3 is 11.9 Å². The van der Waals surface area contributed by atoms with Crippen molar-refractivity contribution in [3.8, 4) is 0 Å². The minimum Gasteiger partial charge on any atom is -0.462 e. The summed E-state index contributed by atoms with van der Waals surface area (Å²) in [5.41, 5.74) is 1.35. The Labute approximate surface area is 142 Å². The molecule has 0 aliphatic carbocycles. The summed E-state index contributed by atoms with van der Waals surface area (Å²) in [4.78, 5) is 24.5. The van der Waals surface area contributed by atoms with E-state index in [0.717, 1.165) is 12.0 Å². The van der Waals surface area contributed by atoms with Gasteiger partial charge in [-0.2, -0.15) is 0 Å².